The third kappa shape index (κ3) is 1.50. The van der Waals surface area contributed by atoms with Crippen LogP contribution in [0.5, 0.6) is 0 Å². The van der Waals surface area contributed by atoms with Crippen LogP contribution in [0, 0.1) is 0 Å². The first-order chi connectivity index (χ1) is 6.86. The molecule has 1 heterocycles. The lowest BCUT2D eigenvalue weighted by Crippen LogP contribution is -2.21. The van der Waals surface area contributed by atoms with Crippen LogP contribution in [0.4, 0.5) is 5.69 Å². The Morgan fingerprint density at radius 3 is 2.86 bits per heavy atom. The lowest BCUT2D eigenvalue weighted by atomic mass is 10.1. The Hall–Kier alpha value is -1.02. The molecule has 2 nitrogen and oxygen atoms in total. The molecule has 0 saturated heterocycles. The van der Waals surface area contributed by atoms with Gasteiger partial charge in [-0.05, 0) is 19.9 Å². The molecule has 0 fully saturated rings. The van der Waals surface area contributed by atoms with Gasteiger partial charge in [-0.3, -0.25) is 0 Å². The van der Waals surface area contributed by atoms with E-state index >= 15 is 0 Å². The molecule has 1 unspecified atom stereocenters. The quantitative estimate of drug-likeness (QED) is 0.728. The molecule has 0 bridgehead atoms. The average molecular weight is 191 g/mol. The molecular weight excluding hydrogens is 174 g/mol. The minimum atomic E-state index is 0.274. The second kappa shape index (κ2) is 4.01. The summed E-state index contributed by atoms with van der Waals surface area (Å²) < 4.78 is 5.72. The highest BCUT2D eigenvalue weighted by atomic mass is 16.5. The summed E-state index contributed by atoms with van der Waals surface area (Å²) in [6, 6.07) is 8.53. The highest BCUT2D eigenvalue weighted by molar-refractivity contribution is 5.59. The Balaban J connectivity index is 2.29. The molecule has 0 aliphatic carbocycles. The van der Waals surface area contributed by atoms with Gasteiger partial charge < -0.3 is 9.64 Å². The Bertz CT molecular complexity index is 311. The van der Waals surface area contributed by atoms with Crippen molar-refractivity contribution in [1.29, 1.82) is 0 Å². The summed E-state index contributed by atoms with van der Waals surface area (Å²) in [6.45, 7) is 7.09. The van der Waals surface area contributed by atoms with Gasteiger partial charge in [0.25, 0.3) is 0 Å². The Labute approximate surface area is 85.5 Å². The van der Waals surface area contributed by atoms with Crippen molar-refractivity contribution in [2.24, 2.45) is 0 Å². The van der Waals surface area contributed by atoms with Gasteiger partial charge in [0.2, 0.25) is 0 Å². The maximum atomic E-state index is 5.72. The number of nitrogens with zero attached hydrogens (tertiary/aromatic N) is 1. The molecule has 0 saturated carbocycles. The van der Waals surface area contributed by atoms with Crippen molar-refractivity contribution in [1.82, 2.24) is 0 Å². The smallest absolute Gasteiger partial charge is 0.102 e. The van der Waals surface area contributed by atoms with Crippen LogP contribution in [-0.2, 0) is 4.74 Å². The molecule has 0 N–H and O–H groups in total. The first-order valence-corrected chi connectivity index (χ1v) is 5.32. The number of rotatable bonds is 3. The highest BCUT2D eigenvalue weighted by Gasteiger charge is 2.27. The molecular formula is C12H17NO. The van der Waals surface area contributed by atoms with E-state index in [0.29, 0.717) is 0 Å². The maximum Gasteiger partial charge on any atom is 0.102 e. The zero-order chi connectivity index (χ0) is 9.97. The normalized spacial score (nSPS) is 19.9. The van der Waals surface area contributed by atoms with E-state index in [2.05, 4.69) is 43.0 Å². The van der Waals surface area contributed by atoms with Crippen LogP contribution in [-0.4, -0.2) is 19.7 Å². The van der Waals surface area contributed by atoms with Crippen LogP contribution in [0.15, 0.2) is 24.3 Å². The number of para-hydroxylation sites is 1. The molecule has 14 heavy (non-hydrogen) atoms. The predicted molar refractivity (Wildman–Crippen MR) is 58.7 cm³/mol. The topological polar surface area (TPSA) is 12.5 Å². The summed E-state index contributed by atoms with van der Waals surface area (Å²) in [7, 11) is 0. The lowest BCUT2D eigenvalue weighted by Gasteiger charge is -2.16. The van der Waals surface area contributed by atoms with Crippen molar-refractivity contribution in [3.05, 3.63) is 29.8 Å². The average Bonchev–Trinajstić information content (AvgIpc) is 2.58. The largest absolute Gasteiger partial charge is 0.372 e. The van der Waals surface area contributed by atoms with E-state index in [0.717, 1.165) is 19.7 Å². The minimum absolute atomic E-state index is 0.274. The molecule has 1 aliphatic heterocycles. The van der Waals surface area contributed by atoms with Gasteiger partial charge in [0.05, 0.1) is 0 Å². The third-order valence-corrected chi connectivity index (χ3v) is 2.76. The predicted octanol–water partition coefficient (Wildman–Crippen LogP) is 2.60. The Morgan fingerprint density at radius 1 is 1.36 bits per heavy atom. The fraction of sp³-hybridized carbons (Fsp3) is 0.500. The number of anilines is 1. The van der Waals surface area contributed by atoms with Gasteiger partial charge in [0, 0.05) is 30.9 Å². The van der Waals surface area contributed by atoms with E-state index in [1.807, 2.05) is 0 Å². The molecule has 1 aromatic carbocycles. The molecule has 2 heteroatoms. The van der Waals surface area contributed by atoms with E-state index in [4.69, 9.17) is 4.74 Å². The van der Waals surface area contributed by atoms with Gasteiger partial charge in [0.1, 0.15) is 6.10 Å². The summed E-state index contributed by atoms with van der Waals surface area (Å²) >= 11 is 0. The molecule has 2 rings (SSSR count). The summed E-state index contributed by atoms with van der Waals surface area (Å²) in [6.07, 6.45) is 0.274. The summed E-state index contributed by atoms with van der Waals surface area (Å²) in [5, 5.41) is 0. The van der Waals surface area contributed by atoms with Crippen LogP contribution in [0.1, 0.15) is 25.5 Å². The standard InChI is InChI=1S/C12H17NO/c1-3-13-9-12(14-4-2)10-7-5-6-8-11(10)13/h5-8,12H,3-4,9H2,1-2H3. The van der Waals surface area contributed by atoms with Crippen molar-refractivity contribution in [3.63, 3.8) is 0 Å². The second-order valence-corrected chi connectivity index (χ2v) is 3.54. The Kier molecular flexibility index (Phi) is 2.73. The molecule has 1 aromatic rings. The maximum absolute atomic E-state index is 5.72. The number of benzene rings is 1. The number of likely N-dealkylation sites (N-methyl/N-ethyl adjacent to an activating group) is 1. The first kappa shape index (κ1) is 9.53. The number of ether oxygens (including phenoxy) is 1. The van der Waals surface area contributed by atoms with Gasteiger partial charge in [-0.2, -0.15) is 0 Å². The van der Waals surface area contributed by atoms with Crippen molar-refractivity contribution in [2.45, 2.75) is 20.0 Å². The summed E-state index contributed by atoms with van der Waals surface area (Å²) in [5.74, 6) is 0. The van der Waals surface area contributed by atoms with E-state index < -0.39 is 0 Å². The molecule has 1 atom stereocenters. The SMILES string of the molecule is CCOC1CN(CC)c2ccccc21. The first-order valence-electron chi connectivity index (χ1n) is 5.32. The fourth-order valence-corrected chi connectivity index (χ4v) is 2.09. The van der Waals surface area contributed by atoms with Crippen LogP contribution < -0.4 is 4.90 Å². The zero-order valence-corrected chi connectivity index (χ0v) is 8.86. The molecule has 1 aliphatic rings. The van der Waals surface area contributed by atoms with Crippen molar-refractivity contribution >= 4 is 5.69 Å². The minimum Gasteiger partial charge on any atom is -0.372 e. The van der Waals surface area contributed by atoms with Crippen molar-refractivity contribution in [3.8, 4) is 0 Å². The highest BCUT2D eigenvalue weighted by Crippen LogP contribution is 2.36. The number of hydrogen-bond donors (Lipinski definition) is 0. The molecule has 0 amide bonds. The van der Waals surface area contributed by atoms with Crippen molar-refractivity contribution in [2.75, 3.05) is 24.6 Å². The molecule has 0 radical (unpaired) electrons. The molecule has 0 aromatic heterocycles. The van der Waals surface area contributed by atoms with E-state index in [1.165, 1.54) is 11.3 Å². The fourth-order valence-electron chi connectivity index (χ4n) is 2.09. The third-order valence-electron chi connectivity index (χ3n) is 2.76. The van der Waals surface area contributed by atoms with Gasteiger partial charge >= 0.3 is 0 Å². The van der Waals surface area contributed by atoms with E-state index in [1.54, 1.807) is 0 Å². The van der Waals surface area contributed by atoms with Crippen LogP contribution >= 0.6 is 0 Å². The second-order valence-electron chi connectivity index (χ2n) is 3.54. The van der Waals surface area contributed by atoms with E-state index in [9.17, 15) is 0 Å². The van der Waals surface area contributed by atoms with Crippen LogP contribution in [0.2, 0.25) is 0 Å². The lowest BCUT2D eigenvalue weighted by molar-refractivity contribution is 0.0740. The summed E-state index contributed by atoms with van der Waals surface area (Å²) in [4.78, 5) is 2.37. The molecule has 76 valence electrons. The zero-order valence-electron chi connectivity index (χ0n) is 8.86. The van der Waals surface area contributed by atoms with Crippen LogP contribution in [0.3, 0.4) is 0 Å². The Morgan fingerprint density at radius 2 is 2.14 bits per heavy atom. The van der Waals surface area contributed by atoms with Gasteiger partial charge in [-0.15, -0.1) is 0 Å². The van der Waals surface area contributed by atoms with Crippen LogP contribution in [0.25, 0.3) is 0 Å². The van der Waals surface area contributed by atoms with Crippen molar-refractivity contribution < 1.29 is 4.74 Å². The number of fused-ring (bicyclic) bond motifs is 1. The number of hydrogen-bond acceptors (Lipinski definition) is 2. The molecule has 0 spiro atoms. The van der Waals surface area contributed by atoms with E-state index in [-0.39, 0.29) is 6.10 Å². The van der Waals surface area contributed by atoms with Gasteiger partial charge in [-0.1, -0.05) is 18.2 Å². The monoisotopic (exact) mass is 191 g/mol. The summed E-state index contributed by atoms with van der Waals surface area (Å²) in [5.41, 5.74) is 2.68. The van der Waals surface area contributed by atoms with Gasteiger partial charge in [-0.25, -0.2) is 0 Å². The van der Waals surface area contributed by atoms with Gasteiger partial charge in [0.15, 0.2) is 0 Å².